The third-order valence-electron chi connectivity index (χ3n) is 3.24. The summed E-state index contributed by atoms with van der Waals surface area (Å²) >= 11 is 9.07. The number of fused-ring (bicyclic) bond motifs is 1. The molecule has 0 unspecified atom stereocenters. The minimum atomic E-state index is 0.0522. The Labute approximate surface area is 158 Å². The molecule has 0 aliphatic carbocycles. The lowest BCUT2D eigenvalue weighted by molar-refractivity contribution is 1.31. The molecule has 25 heavy (non-hydrogen) atoms. The van der Waals surface area contributed by atoms with Gasteiger partial charge in [-0.1, -0.05) is 47.6 Å². The Bertz CT molecular complexity index is 1000. The molecule has 3 nitrogen and oxygen atoms in total. The molecule has 0 aliphatic heterocycles. The van der Waals surface area contributed by atoms with E-state index in [-0.39, 0.29) is 5.57 Å². The van der Waals surface area contributed by atoms with Gasteiger partial charge in [0.25, 0.3) is 0 Å². The second-order valence-corrected chi connectivity index (χ2v) is 7.65. The Morgan fingerprint density at radius 1 is 1.04 bits per heavy atom. The third-order valence-corrected chi connectivity index (χ3v) is 5.68. The van der Waals surface area contributed by atoms with E-state index in [0.29, 0.717) is 5.02 Å². The quantitative estimate of drug-likeness (QED) is 0.314. The molecule has 2 aromatic carbocycles. The summed E-state index contributed by atoms with van der Waals surface area (Å²) in [6, 6.07) is 19.1. The first-order valence-corrected chi connectivity index (χ1v) is 9.22. The Hall–Kier alpha value is -2.57. The van der Waals surface area contributed by atoms with Crippen LogP contribution in [0.5, 0.6) is 0 Å². The van der Waals surface area contributed by atoms with E-state index >= 15 is 0 Å². The molecule has 120 valence electrons. The first kappa shape index (κ1) is 17.3. The fraction of sp³-hybridized carbons (Fsp3) is 0. The highest BCUT2D eigenvalue weighted by Crippen LogP contribution is 2.38. The Balaban J connectivity index is 2.00. The summed E-state index contributed by atoms with van der Waals surface area (Å²) in [5.41, 5.74) is 1.95. The highest BCUT2D eigenvalue weighted by atomic mass is 35.5. The molecule has 0 bridgehead atoms. The van der Waals surface area contributed by atoms with E-state index in [1.807, 2.05) is 60.7 Å². The number of para-hydroxylation sites is 1. The summed E-state index contributed by atoms with van der Waals surface area (Å²) in [6.07, 6.45) is 3.28. The molecule has 6 heteroatoms. The summed E-state index contributed by atoms with van der Waals surface area (Å²) in [5.74, 6) is 0. The van der Waals surface area contributed by atoms with Gasteiger partial charge in [0.05, 0.1) is 10.2 Å². The van der Waals surface area contributed by atoms with Gasteiger partial charge in [0.15, 0.2) is 4.34 Å². The van der Waals surface area contributed by atoms with Gasteiger partial charge in [-0.3, -0.25) is 0 Å². The molecule has 0 N–H and O–H groups in total. The van der Waals surface area contributed by atoms with Crippen LogP contribution in [0.25, 0.3) is 15.1 Å². The highest BCUT2D eigenvalue weighted by molar-refractivity contribution is 8.09. The van der Waals surface area contributed by atoms with E-state index < -0.39 is 0 Å². The summed E-state index contributed by atoms with van der Waals surface area (Å²) < 4.78 is 2.01. The molecule has 0 fully saturated rings. The lowest BCUT2D eigenvalue weighted by Gasteiger charge is -2.05. The monoisotopic (exact) mass is 379 g/mol. The predicted molar refractivity (Wildman–Crippen MR) is 104 cm³/mol. The second-order valence-electron chi connectivity index (χ2n) is 4.89. The van der Waals surface area contributed by atoms with Crippen molar-refractivity contribution in [3.63, 3.8) is 0 Å². The summed E-state index contributed by atoms with van der Waals surface area (Å²) in [6.45, 7) is 0. The number of nitriles is 2. The fourth-order valence-corrected chi connectivity index (χ4v) is 4.30. The van der Waals surface area contributed by atoms with E-state index in [0.717, 1.165) is 25.0 Å². The van der Waals surface area contributed by atoms with Crippen molar-refractivity contribution in [1.29, 1.82) is 10.5 Å². The number of halogens is 1. The van der Waals surface area contributed by atoms with Crippen LogP contribution in [0.3, 0.4) is 0 Å². The lowest BCUT2D eigenvalue weighted by atomic mass is 10.2. The van der Waals surface area contributed by atoms with Crippen molar-refractivity contribution in [2.75, 3.05) is 0 Å². The molecular formula is C19H10ClN3S2. The standard InChI is InChI=1S/C19H10ClN3S2/c20-15-8-6-14(7-9-15)17(10-5-13(11-21)12-22)24-19-23-16-3-1-2-4-18(16)25-19/h1-10H/b17-10+. The van der Waals surface area contributed by atoms with Crippen molar-refractivity contribution in [1.82, 2.24) is 4.98 Å². The molecule has 0 aliphatic rings. The topological polar surface area (TPSA) is 60.5 Å². The SMILES string of the molecule is N#CC(C#N)=C/C=C(/Sc1nc2ccccc2s1)c1ccc(Cl)cc1. The Kier molecular flexibility index (Phi) is 5.53. The van der Waals surface area contributed by atoms with Crippen LogP contribution in [0.1, 0.15) is 5.56 Å². The number of nitrogens with zero attached hydrogens (tertiary/aromatic N) is 3. The van der Waals surface area contributed by atoms with Gasteiger partial charge in [0.1, 0.15) is 17.7 Å². The summed E-state index contributed by atoms with van der Waals surface area (Å²) in [7, 11) is 0. The molecule has 1 heterocycles. The van der Waals surface area contributed by atoms with E-state index in [1.165, 1.54) is 17.8 Å². The van der Waals surface area contributed by atoms with Crippen LogP contribution < -0.4 is 0 Å². The minimum Gasteiger partial charge on any atom is -0.229 e. The molecular weight excluding hydrogens is 370 g/mol. The number of thioether (sulfide) groups is 1. The number of hydrogen-bond acceptors (Lipinski definition) is 5. The maximum absolute atomic E-state index is 8.93. The normalized spacial score (nSPS) is 10.9. The third kappa shape index (κ3) is 4.29. The molecule has 3 aromatic rings. The van der Waals surface area contributed by atoms with E-state index in [2.05, 4.69) is 4.98 Å². The average molecular weight is 380 g/mol. The average Bonchev–Trinajstić information content (AvgIpc) is 3.04. The Morgan fingerprint density at radius 3 is 2.44 bits per heavy atom. The van der Waals surface area contributed by atoms with Gasteiger partial charge in [-0.05, 0) is 42.0 Å². The van der Waals surface area contributed by atoms with Crippen LogP contribution in [0.4, 0.5) is 0 Å². The zero-order chi connectivity index (χ0) is 17.6. The fourth-order valence-electron chi connectivity index (χ4n) is 2.05. The number of rotatable bonds is 4. The second kappa shape index (κ2) is 8.00. The molecule has 3 rings (SSSR count). The molecule has 0 radical (unpaired) electrons. The molecule has 0 saturated carbocycles. The van der Waals surface area contributed by atoms with Crippen molar-refractivity contribution >= 4 is 49.8 Å². The van der Waals surface area contributed by atoms with Crippen molar-refractivity contribution in [3.05, 3.63) is 76.8 Å². The van der Waals surface area contributed by atoms with Crippen LogP contribution in [0.15, 0.2) is 70.6 Å². The Morgan fingerprint density at radius 2 is 1.76 bits per heavy atom. The maximum atomic E-state index is 8.93. The molecule has 1 aromatic heterocycles. The summed E-state index contributed by atoms with van der Waals surface area (Å²) in [4.78, 5) is 5.51. The van der Waals surface area contributed by atoms with Crippen molar-refractivity contribution in [2.24, 2.45) is 0 Å². The minimum absolute atomic E-state index is 0.0522. The number of benzene rings is 2. The van der Waals surface area contributed by atoms with Crippen LogP contribution in [0.2, 0.25) is 5.02 Å². The van der Waals surface area contributed by atoms with E-state index in [9.17, 15) is 0 Å². The van der Waals surface area contributed by atoms with Gasteiger partial charge >= 0.3 is 0 Å². The molecule has 0 spiro atoms. The number of thiazole rings is 1. The van der Waals surface area contributed by atoms with Crippen molar-refractivity contribution < 1.29 is 0 Å². The van der Waals surface area contributed by atoms with Crippen LogP contribution >= 0.6 is 34.7 Å². The zero-order valence-electron chi connectivity index (χ0n) is 12.8. The first-order chi connectivity index (χ1) is 12.2. The first-order valence-electron chi connectivity index (χ1n) is 7.21. The van der Waals surface area contributed by atoms with Crippen LogP contribution in [-0.2, 0) is 0 Å². The number of aromatic nitrogens is 1. The lowest BCUT2D eigenvalue weighted by Crippen LogP contribution is -1.81. The maximum Gasteiger partial charge on any atom is 0.155 e. The highest BCUT2D eigenvalue weighted by Gasteiger charge is 2.09. The van der Waals surface area contributed by atoms with E-state index in [1.54, 1.807) is 17.4 Å². The van der Waals surface area contributed by atoms with Crippen LogP contribution in [0, 0.1) is 22.7 Å². The summed E-state index contributed by atoms with van der Waals surface area (Å²) in [5, 5.41) is 18.5. The van der Waals surface area contributed by atoms with Gasteiger partial charge in [-0.2, -0.15) is 10.5 Å². The van der Waals surface area contributed by atoms with Gasteiger partial charge in [0, 0.05) is 9.93 Å². The van der Waals surface area contributed by atoms with Crippen LogP contribution in [-0.4, -0.2) is 4.98 Å². The zero-order valence-corrected chi connectivity index (χ0v) is 15.2. The molecule has 0 amide bonds. The smallest absolute Gasteiger partial charge is 0.155 e. The predicted octanol–water partition coefficient (Wildman–Crippen LogP) is 6.06. The van der Waals surface area contributed by atoms with Crippen molar-refractivity contribution in [3.8, 4) is 12.1 Å². The molecule has 0 atom stereocenters. The van der Waals surface area contributed by atoms with Gasteiger partial charge < -0.3 is 0 Å². The van der Waals surface area contributed by atoms with Gasteiger partial charge in [-0.15, -0.1) is 11.3 Å². The van der Waals surface area contributed by atoms with Gasteiger partial charge in [-0.25, -0.2) is 4.98 Å². The largest absolute Gasteiger partial charge is 0.229 e. The number of hydrogen-bond donors (Lipinski definition) is 0. The van der Waals surface area contributed by atoms with Crippen molar-refractivity contribution in [2.45, 2.75) is 4.34 Å². The number of allylic oxidation sites excluding steroid dienone is 3. The van der Waals surface area contributed by atoms with Gasteiger partial charge in [0.2, 0.25) is 0 Å². The molecule has 0 saturated heterocycles. The van der Waals surface area contributed by atoms with E-state index in [4.69, 9.17) is 22.1 Å².